The molecular weight excluding hydrogens is 493 g/mol. The molecule has 0 radical (unpaired) electrons. The van der Waals surface area contributed by atoms with Gasteiger partial charge in [0.25, 0.3) is 0 Å². The molecule has 0 spiro atoms. The summed E-state index contributed by atoms with van der Waals surface area (Å²) in [5.74, 6) is 0.770. The summed E-state index contributed by atoms with van der Waals surface area (Å²) in [5, 5.41) is 0. The average Bonchev–Trinajstić information content (AvgIpc) is 2.86. The van der Waals surface area contributed by atoms with Gasteiger partial charge in [0, 0.05) is 37.3 Å². The second-order valence-electron chi connectivity index (χ2n) is 8.38. The minimum absolute atomic E-state index is 0.188. The first kappa shape index (κ1) is 40.0. The van der Waals surface area contributed by atoms with Gasteiger partial charge >= 0.3 is 6.18 Å². The quantitative estimate of drug-likeness (QED) is 0.212. The van der Waals surface area contributed by atoms with Crippen molar-refractivity contribution in [2.75, 3.05) is 37.0 Å². The summed E-state index contributed by atoms with van der Waals surface area (Å²) in [4.78, 5) is 4.80. The Kier molecular flexibility index (Phi) is 28.3. The van der Waals surface area contributed by atoms with Crippen molar-refractivity contribution in [3.05, 3.63) is 53.3 Å². The van der Waals surface area contributed by atoms with E-state index < -0.39 is 6.18 Å². The fourth-order valence-corrected chi connectivity index (χ4v) is 3.66. The molecule has 218 valence electrons. The van der Waals surface area contributed by atoms with Crippen LogP contribution in [-0.4, -0.2) is 43.1 Å². The molecule has 0 N–H and O–H groups in total. The normalized spacial score (nSPS) is 12.4. The van der Waals surface area contributed by atoms with Crippen LogP contribution in [0.5, 0.6) is 0 Å². The Morgan fingerprint density at radius 2 is 1.41 bits per heavy atom. The number of allylic oxidation sites excluding steroid dienone is 3. The molecule has 0 saturated heterocycles. The predicted molar refractivity (Wildman–Crippen MR) is 162 cm³/mol. The number of nitrogens with zero attached hydrogens (tertiary/aromatic N) is 2. The number of hydrogen-bond donors (Lipinski definition) is 0. The summed E-state index contributed by atoms with van der Waals surface area (Å²) in [6.45, 7) is 23.6. The van der Waals surface area contributed by atoms with E-state index in [1.807, 2.05) is 27.7 Å². The Hall–Kier alpha value is -1.46. The molecule has 2 nitrogen and oxygen atoms in total. The third kappa shape index (κ3) is 24.6. The van der Waals surface area contributed by atoms with E-state index in [0.717, 1.165) is 25.4 Å². The van der Waals surface area contributed by atoms with Crippen LogP contribution in [0.1, 0.15) is 100 Å². The first-order chi connectivity index (χ1) is 17.5. The maximum atomic E-state index is 10.4. The number of unbranched alkanes of at least 4 members (excludes halogenated alkanes) is 2. The van der Waals surface area contributed by atoms with Gasteiger partial charge in [-0.1, -0.05) is 85.1 Å². The minimum atomic E-state index is -4.00. The summed E-state index contributed by atoms with van der Waals surface area (Å²) in [6.07, 6.45) is 6.83. The van der Waals surface area contributed by atoms with Gasteiger partial charge in [-0.2, -0.15) is 13.2 Å². The molecule has 1 heterocycles. The highest BCUT2D eigenvalue weighted by molar-refractivity contribution is 6.18. The second kappa shape index (κ2) is 26.2. The monoisotopic (exact) mass is 548 g/mol. The zero-order valence-corrected chi connectivity index (χ0v) is 26.2. The number of alkyl halides is 4. The van der Waals surface area contributed by atoms with Crippen LogP contribution in [0.4, 0.5) is 18.9 Å². The van der Waals surface area contributed by atoms with Crippen molar-refractivity contribution in [3.63, 3.8) is 0 Å². The van der Waals surface area contributed by atoms with Gasteiger partial charge in [0.2, 0.25) is 0 Å². The van der Waals surface area contributed by atoms with Crippen molar-refractivity contribution < 1.29 is 13.2 Å². The van der Waals surface area contributed by atoms with Crippen molar-refractivity contribution in [2.45, 2.75) is 108 Å². The first-order valence-electron chi connectivity index (χ1n) is 14.1. The minimum Gasteiger partial charge on any atom is -0.342 e. The smallest absolute Gasteiger partial charge is 0.342 e. The largest absolute Gasteiger partial charge is 0.386 e. The number of benzene rings is 1. The van der Waals surface area contributed by atoms with Gasteiger partial charge in [0.1, 0.15) is 0 Å². The van der Waals surface area contributed by atoms with Gasteiger partial charge < -0.3 is 9.80 Å². The average molecular weight is 549 g/mol. The molecule has 0 saturated carbocycles. The van der Waals surface area contributed by atoms with E-state index in [0.29, 0.717) is 0 Å². The number of anilines is 1. The molecule has 1 aromatic rings. The molecule has 0 aromatic heterocycles. The maximum absolute atomic E-state index is 10.4. The van der Waals surface area contributed by atoms with Crippen molar-refractivity contribution >= 4 is 17.3 Å². The van der Waals surface area contributed by atoms with Crippen LogP contribution in [0, 0.1) is 0 Å². The van der Waals surface area contributed by atoms with Crippen molar-refractivity contribution in [3.8, 4) is 0 Å². The lowest BCUT2D eigenvalue weighted by Crippen LogP contribution is -2.27. The molecule has 2 rings (SSSR count). The Morgan fingerprint density at radius 1 is 0.865 bits per heavy atom. The van der Waals surface area contributed by atoms with Gasteiger partial charge in [-0.15, -0.1) is 11.6 Å². The highest BCUT2D eigenvalue weighted by Gasteiger charge is 2.15. The van der Waals surface area contributed by atoms with E-state index in [4.69, 9.17) is 11.6 Å². The summed E-state index contributed by atoms with van der Waals surface area (Å²) in [7, 11) is 0. The number of halogens is 4. The highest BCUT2D eigenvalue weighted by atomic mass is 35.5. The Bertz CT molecular complexity index is 671. The third-order valence-electron chi connectivity index (χ3n) is 5.13. The molecule has 37 heavy (non-hydrogen) atoms. The first-order valence-corrected chi connectivity index (χ1v) is 14.7. The van der Waals surface area contributed by atoms with E-state index in [2.05, 4.69) is 80.8 Å². The van der Waals surface area contributed by atoms with Gasteiger partial charge in [0.05, 0.1) is 0 Å². The lowest BCUT2D eigenvalue weighted by Gasteiger charge is -2.27. The Balaban J connectivity index is -0.000000487. The van der Waals surface area contributed by atoms with E-state index in [1.165, 1.54) is 61.3 Å². The zero-order chi connectivity index (χ0) is 29.3. The van der Waals surface area contributed by atoms with Crippen molar-refractivity contribution in [2.24, 2.45) is 0 Å². The molecule has 6 heteroatoms. The molecule has 1 aromatic carbocycles. The van der Waals surface area contributed by atoms with Crippen LogP contribution < -0.4 is 4.90 Å². The van der Waals surface area contributed by atoms with E-state index in [9.17, 15) is 13.2 Å². The summed E-state index contributed by atoms with van der Waals surface area (Å²) < 4.78 is 31.1. The van der Waals surface area contributed by atoms with E-state index in [1.54, 1.807) is 0 Å². The number of rotatable bonds is 10. The van der Waals surface area contributed by atoms with Crippen molar-refractivity contribution in [1.82, 2.24) is 4.90 Å². The topological polar surface area (TPSA) is 6.48 Å². The predicted octanol–water partition coefficient (Wildman–Crippen LogP) is 10.7. The fraction of sp³-hybridized carbons (Fsp3) is 0.677. The zero-order valence-electron chi connectivity index (χ0n) is 25.4. The highest BCUT2D eigenvalue weighted by Crippen LogP contribution is 2.23. The molecule has 1 aliphatic rings. The van der Waals surface area contributed by atoms with Crippen LogP contribution >= 0.6 is 11.6 Å². The molecule has 1 aliphatic heterocycles. The Morgan fingerprint density at radius 3 is 1.81 bits per heavy atom. The maximum Gasteiger partial charge on any atom is 0.386 e. The summed E-state index contributed by atoms with van der Waals surface area (Å²) in [5.41, 5.74) is 5.37. The van der Waals surface area contributed by atoms with Crippen LogP contribution in [-0.2, 0) is 6.42 Å². The molecule has 0 unspecified atom stereocenters. The molecule has 0 aliphatic carbocycles. The van der Waals surface area contributed by atoms with Crippen LogP contribution in [0.2, 0.25) is 0 Å². The number of aryl methyl sites for hydroxylation is 1. The SMILES string of the molecule is CC.CC.CC(F)(F)F.CCCCCN(CCC)CCCl.CCc1ccc(N2CC=C(C)C=C2C)cc1. The van der Waals surface area contributed by atoms with Crippen LogP contribution in [0.25, 0.3) is 0 Å². The summed E-state index contributed by atoms with van der Waals surface area (Å²) >= 11 is 5.70. The van der Waals surface area contributed by atoms with E-state index in [-0.39, 0.29) is 6.92 Å². The number of hydrogen-bond acceptors (Lipinski definition) is 2. The Labute approximate surface area is 233 Å². The molecule has 0 fully saturated rings. The third-order valence-corrected chi connectivity index (χ3v) is 5.30. The summed E-state index contributed by atoms with van der Waals surface area (Å²) in [6, 6.07) is 8.86. The molecule has 0 bridgehead atoms. The van der Waals surface area contributed by atoms with E-state index >= 15 is 0 Å². The lowest BCUT2D eigenvalue weighted by molar-refractivity contribution is -0.110. The van der Waals surface area contributed by atoms with Crippen molar-refractivity contribution in [1.29, 1.82) is 0 Å². The van der Waals surface area contributed by atoms with Gasteiger partial charge in [0.15, 0.2) is 0 Å². The molecule has 0 amide bonds. The fourth-order valence-electron chi connectivity index (χ4n) is 3.42. The van der Waals surface area contributed by atoms with Crippen LogP contribution in [0.15, 0.2) is 47.7 Å². The van der Waals surface area contributed by atoms with Crippen LogP contribution in [0.3, 0.4) is 0 Å². The standard InChI is InChI=1S/C15H19N.C10H22ClN.C2H3F3.2C2H6/c1-4-14-5-7-15(8-6-14)16-10-9-12(2)11-13(16)3;1-3-5-6-9-12(8-4-2)10-7-11;1-2(3,4)5;2*1-2/h5-9,11H,4,10H2,1-3H3;3-10H2,1-2H3;1H3;2*1-2H3. The van der Waals surface area contributed by atoms with Gasteiger partial charge in [-0.25, -0.2) is 0 Å². The molecule has 0 atom stereocenters. The lowest BCUT2D eigenvalue weighted by atomic mass is 10.1. The van der Waals surface area contributed by atoms with Gasteiger partial charge in [-0.05, 0) is 70.0 Å². The van der Waals surface area contributed by atoms with Gasteiger partial charge in [-0.3, -0.25) is 0 Å². The second-order valence-corrected chi connectivity index (χ2v) is 8.76. The molecular formula is C31H56ClF3N2.